The van der Waals surface area contributed by atoms with Crippen LogP contribution in [0.4, 0.5) is 0 Å². The Labute approximate surface area is 271 Å². The van der Waals surface area contributed by atoms with E-state index in [0.717, 1.165) is 72.1 Å². The number of rotatable bonds is 19. The second kappa shape index (κ2) is 18.3. The van der Waals surface area contributed by atoms with E-state index >= 15 is 0 Å². The first-order chi connectivity index (χ1) is 22.0. The van der Waals surface area contributed by atoms with Gasteiger partial charge in [0.2, 0.25) is 0 Å². The molecular weight excluding hydrogens is 556 g/mol. The fraction of sp³-hybridized carbons (Fsp3) is 0.450. The van der Waals surface area contributed by atoms with Gasteiger partial charge in [0.25, 0.3) is 0 Å². The summed E-state index contributed by atoms with van der Waals surface area (Å²) < 4.78 is 18.6. The van der Waals surface area contributed by atoms with Crippen LogP contribution in [0.25, 0.3) is 11.4 Å². The largest absolute Gasteiger partial charge is 0.493 e. The van der Waals surface area contributed by atoms with Gasteiger partial charge in [-0.2, -0.15) is 0 Å². The molecule has 3 atom stereocenters. The van der Waals surface area contributed by atoms with Gasteiger partial charge < -0.3 is 14.2 Å². The molecule has 0 spiro atoms. The zero-order valence-electron chi connectivity index (χ0n) is 28.0. The fourth-order valence-corrected chi connectivity index (χ4v) is 4.89. The molecule has 5 heteroatoms. The highest BCUT2D eigenvalue weighted by molar-refractivity contribution is 5.55. The highest BCUT2D eigenvalue weighted by Gasteiger charge is 2.17. The summed E-state index contributed by atoms with van der Waals surface area (Å²) in [6.07, 6.45) is 11.9. The lowest BCUT2D eigenvalue weighted by molar-refractivity contribution is 0.0666. The first kappa shape index (κ1) is 34.2. The number of benzene rings is 3. The van der Waals surface area contributed by atoms with E-state index in [1.165, 1.54) is 31.2 Å². The zero-order chi connectivity index (χ0) is 31.9. The Hall–Kier alpha value is -3.70. The summed E-state index contributed by atoms with van der Waals surface area (Å²) in [7, 11) is 0. The van der Waals surface area contributed by atoms with E-state index in [1.807, 2.05) is 36.7 Å². The van der Waals surface area contributed by atoms with Crippen LogP contribution in [0.2, 0.25) is 0 Å². The van der Waals surface area contributed by atoms with Crippen molar-refractivity contribution in [2.24, 2.45) is 11.8 Å². The van der Waals surface area contributed by atoms with Gasteiger partial charge in [-0.15, -0.1) is 0 Å². The van der Waals surface area contributed by atoms with E-state index < -0.39 is 0 Å². The number of unbranched alkanes of at least 4 members (excludes halogenated alkanes) is 3. The number of ether oxygens (including phenoxy) is 3. The van der Waals surface area contributed by atoms with Crippen LogP contribution in [-0.2, 0) is 17.8 Å². The molecule has 3 aromatic carbocycles. The van der Waals surface area contributed by atoms with Gasteiger partial charge in [-0.05, 0) is 71.2 Å². The molecule has 5 nitrogen and oxygen atoms in total. The van der Waals surface area contributed by atoms with Crippen LogP contribution in [-0.4, -0.2) is 23.2 Å². The van der Waals surface area contributed by atoms with Gasteiger partial charge in [-0.1, -0.05) is 115 Å². The average Bonchev–Trinajstić information content (AvgIpc) is 3.09. The third kappa shape index (κ3) is 11.0. The van der Waals surface area contributed by atoms with Gasteiger partial charge in [-0.3, -0.25) is 0 Å². The number of aromatic nitrogens is 2. The second-order valence-corrected chi connectivity index (χ2v) is 12.4. The second-order valence-electron chi connectivity index (χ2n) is 12.4. The van der Waals surface area contributed by atoms with Gasteiger partial charge in [0.15, 0.2) is 5.82 Å². The van der Waals surface area contributed by atoms with Crippen molar-refractivity contribution in [1.82, 2.24) is 9.97 Å². The first-order valence-corrected chi connectivity index (χ1v) is 17.0. The van der Waals surface area contributed by atoms with Crippen LogP contribution in [0, 0.1) is 11.8 Å². The van der Waals surface area contributed by atoms with Crippen LogP contribution in [0.1, 0.15) is 102 Å². The molecule has 0 aliphatic carbocycles. The molecule has 0 aliphatic rings. The maximum absolute atomic E-state index is 6.61. The fourth-order valence-electron chi connectivity index (χ4n) is 4.89. The molecule has 3 unspecified atom stereocenters. The highest BCUT2D eigenvalue weighted by Crippen LogP contribution is 2.31. The Morgan fingerprint density at radius 1 is 0.600 bits per heavy atom. The molecule has 1 aromatic heterocycles. The Kier molecular flexibility index (Phi) is 13.9. The Morgan fingerprint density at radius 2 is 1.13 bits per heavy atom. The maximum Gasteiger partial charge on any atom is 0.159 e. The normalized spacial score (nSPS) is 13.3. The molecule has 4 aromatic rings. The van der Waals surface area contributed by atoms with Crippen LogP contribution in [0.3, 0.4) is 0 Å². The van der Waals surface area contributed by atoms with Crippen molar-refractivity contribution in [1.29, 1.82) is 0 Å². The maximum atomic E-state index is 6.61. The summed E-state index contributed by atoms with van der Waals surface area (Å²) in [5.74, 6) is 3.59. The lowest BCUT2D eigenvalue weighted by atomic mass is 9.99. The van der Waals surface area contributed by atoms with Gasteiger partial charge in [0.1, 0.15) is 17.6 Å². The monoisotopic (exact) mass is 608 g/mol. The SMILES string of the molecule is CCCCCCc1cnc(-c2ccc(C(OCc3ccc(OCC(C)CC)cc3)c3ccc(OCC(C)CC)cc3)cc2)nc1. The molecule has 0 aliphatic heterocycles. The molecule has 0 bridgehead atoms. The van der Waals surface area contributed by atoms with Gasteiger partial charge in [-0.25, -0.2) is 9.97 Å². The topological polar surface area (TPSA) is 53.5 Å². The molecule has 1 heterocycles. The van der Waals surface area contributed by atoms with Crippen molar-refractivity contribution in [3.8, 4) is 22.9 Å². The van der Waals surface area contributed by atoms with Gasteiger partial charge in [0.05, 0.1) is 19.8 Å². The molecule has 45 heavy (non-hydrogen) atoms. The van der Waals surface area contributed by atoms with Crippen molar-refractivity contribution in [2.75, 3.05) is 13.2 Å². The molecule has 0 saturated carbocycles. The molecule has 0 fully saturated rings. The number of aryl methyl sites for hydroxylation is 1. The smallest absolute Gasteiger partial charge is 0.159 e. The highest BCUT2D eigenvalue weighted by atomic mass is 16.5. The number of hydrogen-bond donors (Lipinski definition) is 0. The summed E-state index contributed by atoms with van der Waals surface area (Å²) in [6.45, 7) is 13.0. The van der Waals surface area contributed by atoms with Crippen molar-refractivity contribution >= 4 is 0 Å². The number of hydrogen-bond acceptors (Lipinski definition) is 5. The number of nitrogens with zero attached hydrogens (tertiary/aromatic N) is 2. The van der Waals surface area contributed by atoms with Gasteiger partial charge >= 0.3 is 0 Å². The van der Waals surface area contributed by atoms with E-state index in [-0.39, 0.29) is 6.10 Å². The van der Waals surface area contributed by atoms with Crippen molar-refractivity contribution in [3.05, 3.63) is 107 Å². The van der Waals surface area contributed by atoms with E-state index in [2.05, 4.69) is 93.1 Å². The minimum Gasteiger partial charge on any atom is -0.493 e. The minimum absolute atomic E-state index is 0.240. The van der Waals surface area contributed by atoms with Crippen LogP contribution in [0.15, 0.2) is 85.2 Å². The van der Waals surface area contributed by atoms with E-state index in [4.69, 9.17) is 14.2 Å². The molecule has 0 N–H and O–H groups in total. The predicted molar refractivity (Wildman–Crippen MR) is 185 cm³/mol. The van der Waals surface area contributed by atoms with Crippen molar-refractivity contribution in [3.63, 3.8) is 0 Å². The standard InChI is InChI=1S/C40H52N2O3/c1-6-9-10-11-12-33-25-41-40(42-26-33)36-17-15-34(16-18-36)39(35-19-23-38(24-20-35)44-28-31(5)8-3)45-29-32-13-21-37(22-14-32)43-27-30(4)7-2/h13-26,30-31,39H,6-12,27-29H2,1-5H3. The van der Waals surface area contributed by atoms with Crippen molar-refractivity contribution < 1.29 is 14.2 Å². The Morgan fingerprint density at radius 3 is 1.67 bits per heavy atom. The molecule has 0 saturated heterocycles. The molecule has 0 amide bonds. The first-order valence-electron chi connectivity index (χ1n) is 17.0. The average molecular weight is 609 g/mol. The van der Waals surface area contributed by atoms with E-state index in [0.29, 0.717) is 18.4 Å². The summed E-state index contributed by atoms with van der Waals surface area (Å²) in [4.78, 5) is 9.34. The Bertz CT molecular complexity index is 1370. The third-order valence-corrected chi connectivity index (χ3v) is 8.48. The lowest BCUT2D eigenvalue weighted by Crippen LogP contribution is -2.09. The molecule has 4 rings (SSSR count). The van der Waals surface area contributed by atoms with Crippen LogP contribution < -0.4 is 9.47 Å². The summed E-state index contributed by atoms with van der Waals surface area (Å²) in [6, 6.07) is 25.0. The lowest BCUT2D eigenvalue weighted by Gasteiger charge is -2.20. The summed E-state index contributed by atoms with van der Waals surface area (Å²) >= 11 is 0. The van der Waals surface area contributed by atoms with Crippen LogP contribution in [0.5, 0.6) is 11.5 Å². The zero-order valence-corrected chi connectivity index (χ0v) is 28.0. The molecule has 0 radical (unpaired) electrons. The minimum atomic E-state index is -0.240. The summed E-state index contributed by atoms with van der Waals surface area (Å²) in [5.41, 5.74) is 5.46. The quantitative estimate of drug-likeness (QED) is 0.0991. The Balaban J connectivity index is 1.47. The van der Waals surface area contributed by atoms with Crippen LogP contribution >= 0.6 is 0 Å². The molecule has 240 valence electrons. The van der Waals surface area contributed by atoms with E-state index in [1.54, 1.807) is 0 Å². The van der Waals surface area contributed by atoms with Crippen molar-refractivity contribution in [2.45, 2.75) is 92.3 Å². The van der Waals surface area contributed by atoms with Gasteiger partial charge in [0, 0.05) is 18.0 Å². The third-order valence-electron chi connectivity index (χ3n) is 8.48. The predicted octanol–water partition coefficient (Wildman–Crippen LogP) is 10.4. The summed E-state index contributed by atoms with van der Waals surface area (Å²) in [5, 5.41) is 0. The molecular formula is C40H52N2O3. The van der Waals surface area contributed by atoms with E-state index in [9.17, 15) is 0 Å².